The van der Waals surface area contributed by atoms with Gasteiger partial charge in [0.1, 0.15) is 0 Å². The fourth-order valence-corrected chi connectivity index (χ4v) is 2.09. The summed E-state index contributed by atoms with van der Waals surface area (Å²) < 4.78 is 0. The van der Waals surface area contributed by atoms with E-state index < -0.39 is 0 Å². The Morgan fingerprint density at radius 2 is 2.15 bits per heavy atom. The highest BCUT2D eigenvalue weighted by molar-refractivity contribution is 4.94. The van der Waals surface area contributed by atoms with Gasteiger partial charge in [0.15, 0.2) is 0 Å². The molecule has 0 bridgehead atoms. The van der Waals surface area contributed by atoms with E-state index in [2.05, 4.69) is 31.2 Å². The van der Waals surface area contributed by atoms with Gasteiger partial charge in [-0.2, -0.15) is 0 Å². The molecule has 1 aliphatic rings. The van der Waals surface area contributed by atoms with Crippen molar-refractivity contribution in [3.63, 3.8) is 0 Å². The number of nitrogens with one attached hydrogen (secondary N) is 1. The molecule has 13 heavy (non-hydrogen) atoms. The average molecular weight is 185 g/mol. The van der Waals surface area contributed by atoms with Crippen molar-refractivity contribution in [2.24, 2.45) is 11.1 Å². The van der Waals surface area contributed by atoms with Crippen LogP contribution in [0.3, 0.4) is 0 Å². The topological polar surface area (TPSA) is 41.3 Å². The third-order valence-electron chi connectivity index (χ3n) is 3.30. The van der Waals surface area contributed by atoms with Gasteiger partial charge < -0.3 is 11.1 Å². The first-order valence-electron chi connectivity index (χ1n) is 5.15. The maximum absolute atomic E-state index is 5.53. The Balaban J connectivity index is 2.15. The van der Waals surface area contributed by atoms with Gasteiger partial charge in [0.05, 0.1) is 0 Å². The first-order chi connectivity index (χ1) is 6.09. The van der Waals surface area contributed by atoms with E-state index in [1.54, 1.807) is 0 Å². The van der Waals surface area contributed by atoms with Crippen LogP contribution in [0.4, 0.5) is 0 Å². The third-order valence-corrected chi connectivity index (χ3v) is 3.30. The summed E-state index contributed by atoms with van der Waals surface area (Å²) in [6.45, 7) is 4.18. The fourth-order valence-electron chi connectivity index (χ4n) is 2.09. The lowest BCUT2D eigenvalue weighted by molar-refractivity contribution is 0.0849. The van der Waals surface area contributed by atoms with Crippen molar-refractivity contribution >= 4 is 0 Å². The van der Waals surface area contributed by atoms with Gasteiger partial charge in [-0.3, -0.25) is 4.90 Å². The number of hydrogen-bond acceptors (Lipinski definition) is 3. The van der Waals surface area contributed by atoms with Crippen LogP contribution >= 0.6 is 0 Å². The van der Waals surface area contributed by atoms with Crippen LogP contribution in [0.5, 0.6) is 0 Å². The summed E-state index contributed by atoms with van der Waals surface area (Å²) in [4.78, 5) is 2.18. The highest BCUT2D eigenvalue weighted by Crippen LogP contribution is 2.43. The minimum atomic E-state index is 0.567. The molecule has 78 valence electrons. The first-order valence-corrected chi connectivity index (χ1v) is 5.15. The highest BCUT2D eigenvalue weighted by Gasteiger charge is 2.38. The molecular formula is C10H23N3. The van der Waals surface area contributed by atoms with Gasteiger partial charge in [0, 0.05) is 12.7 Å². The Morgan fingerprint density at radius 1 is 1.54 bits per heavy atom. The van der Waals surface area contributed by atoms with E-state index in [1.807, 2.05) is 0 Å². The largest absolute Gasteiger partial charge is 0.318 e. The first kappa shape index (κ1) is 11.0. The molecule has 0 unspecified atom stereocenters. The van der Waals surface area contributed by atoms with Crippen LogP contribution < -0.4 is 11.1 Å². The summed E-state index contributed by atoms with van der Waals surface area (Å²) >= 11 is 0. The van der Waals surface area contributed by atoms with Crippen molar-refractivity contribution in [3.8, 4) is 0 Å². The summed E-state index contributed by atoms with van der Waals surface area (Å²) in [5, 5.41) is 3.32. The Kier molecular flexibility index (Phi) is 3.71. The zero-order valence-corrected chi connectivity index (χ0v) is 9.14. The minimum absolute atomic E-state index is 0.567. The average Bonchev–Trinajstić information content (AvgIpc) is 2.09. The Morgan fingerprint density at radius 3 is 2.62 bits per heavy atom. The minimum Gasteiger partial charge on any atom is -0.318 e. The lowest BCUT2D eigenvalue weighted by Crippen LogP contribution is -2.47. The number of hydrogen-bond donors (Lipinski definition) is 2. The predicted octanol–water partition coefficient (Wildman–Crippen LogP) is 0.613. The van der Waals surface area contributed by atoms with Crippen molar-refractivity contribution in [1.29, 1.82) is 0 Å². The smallest absolute Gasteiger partial charge is 0.0452 e. The zero-order valence-electron chi connectivity index (χ0n) is 9.14. The molecule has 3 N–H and O–H groups in total. The van der Waals surface area contributed by atoms with Crippen molar-refractivity contribution in [1.82, 2.24) is 10.2 Å². The number of nitrogens with zero attached hydrogens (tertiary/aromatic N) is 1. The quantitative estimate of drug-likeness (QED) is 0.617. The molecule has 0 spiro atoms. The van der Waals surface area contributed by atoms with Crippen LogP contribution in [0.1, 0.15) is 26.2 Å². The van der Waals surface area contributed by atoms with Crippen LogP contribution in [-0.2, 0) is 0 Å². The van der Waals surface area contributed by atoms with E-state index in [0.717, 1.165) is 12.6 Å². The lowest BCUT2D eigenvalue weighted by Gasteiger charge is -2.46. The van der Waals surface area contributed by atoms with Crippen molar-refractivity contribution in [3.05, 3.63) is 0 Å². The van der Waals surface area contributed by atoms with Crippen LogP contribution in [-0.4, -0.2) is 38.3 Å². The number of rotatable bonds is 5. The summed E-state index contributed by atoms with van der Waals surface area (Å²) in [5.41, 5.74) is 6.09. The summed E-state index contributed by atoms with van der Waals surface area (Å²) in [7, 11) is 4.13. The van der Waals surface area contributed by atoms with Gasteiger partial charge in [0.25, 0.3) is 0 Å². The monoisotopic (exact) mass is 185 g/mol. The molecule has 1 rings (SSSR count). The fraction of sp³-hybridized carbons (Fsp3) is 1.00. The van der Waals surface area contributed by atoms with Gasteiger partial charge in [0.2, 0.25) is 0 Å². The molecule has 0 amide bonds. The van der Waals surface area contributed by atoms with E-state index in [-0.39, 0.29) is 0 Å². The third kappa shape index (κ3) is 2.93. The molecule has 0 aromatic carbocycles. The van der Waals surface area contributed by atoms with E-state index in [1.165, 1.54) is 19.3 Å². The van der Waals surface area contributed by atoms with Gasteiger partial charge in [-0.1, -0.05) is 6.92 Å². The van der Waals surface area contributed by atoms with Crippen LogP contribution in [0, 0.1) is 5.41 Å². The SMILES string of the molecule is CNC1CC(C)(CCN(C)CN)C1. The molecule has 0 radical (unpaired) electrons. The summed E-state index contributed by atoms with van der Waals surface area (Å²) in [6.07, 6.45) is 3.92. The second-order valence-electron chi connectivity index (χ2n) is 4.72. The molecule has 0 aromatic rings. The van der Waals surface area contributed by atoms with Crippen molar-refractivity contribution < 1.29 is 0 Å². The lowest BCUT2D eigenvalue weighted by atomic mass is 9.65. The van der Waals surface area contributed by atoms with Gasteiger partial charge in [-0.25, -0.2) is 0 Å². The molecule has 0 heterocycles. The standard InChI is InChI=1S/C10H23N3/c1-10(4-5-13(3)8-11)6-9(7-10)12-2/h9,12H,4-8,11H2,1-3H3. The molecule has 3 nitrogen and oxygen atoms in total. The van der Waals surface area contributed by atoms with Crippen molar-refractivity contribution in [2.75, 3.05) is 27.3 Å². The van der Waals surface area contributed by atoms with Crippen LogP contribution in [0.2, 0.25) is 0 Å². The molecular weight excluding hydrogens is 162 g/mol. The van der Waals surface area contributed by atoms with Gasteiger partial charge in [-0.05, 0) is 45.3 Å². The van der Waals surface area contributed by atoms with Gasteiger partial charge >= 0.3 is 0 Å². The Bertz CT molecular complexity index is 152. The molecule has 1 fully saturated rings. The normalized spacial score (nSPS) is 33.5. The van der Waals surface area contributed by atoms with E-state index in [0.29, 0.717) is 12.1 Å². The number of nitrogens with two attached hydrogens (primary N) is 1. The highest BCUT2D eigenvalue weighted by atomic mass is 15.1. The summed E-state index contributed by atoms with van der Waals surface area (Å²) in [6, 6.07) is 0.758. The van der Waals surface area contributed by atoms with E-state index in [9.17, 15) is 0 Å². The van der Waals surface area contributed by atoms with Crippen LogP contribution in [0.15, 0.2) is 0 Å². The van der Waals surface area contributed by atoms with E-state index in [4.69, 9.17) is 5.73 Å². The van der Waals surface area contributed by atoms with E-state index >= 15 is 0 Å². The molecule has 1 saturated carbocycles. The van der Waals surface area contributed by atoms with Crippen molar-refractivity contribution in [2.45, 2.75) is 32.2 Å². The zero-order chi connectivity index (χ0) is 9.90. The Hall–Kier alpha value is -0.120. The second kappa shape index (κ2) is 4.40. The Labute approximate surface area is 81.7 Å². The van der Waals surface area contributed by atoms with Crippen LogP contribution in [0.25, 0.3) is 0 Å². The molecule has 0 aromatic heterocycles. The maximum Gasteiger partial charge on any atom is 0.0452 e. The van der Waals surface area contributed by atoms with Gasteiger partial charge in [-0.15, -0.1) is 0 Å². The summed E-state index contributed by atoms with van der Waals surface area (Å²) in [5.74, 6) is 0. The maximum atomic E-state index is 5.53. The molecule has 0 atom stereocenters. The molecule has 1 aliphatic carbocycles. The molecule has 0 saturated heterocycles. The molecule has 0 aliphatic heterocycles. The molecule has 3 heteroatoms. The predicted molar refractivity (Wildman–Crippen MR) is 56.5 cm³/mol. The second-order valence-corrected chi connectivity index (χ2v) is 4.72.